The number of aryl methyl sites for hydroxylation is 2. The third-order valence-corrected chi connectivity index (χ3v) is 5.49. The summed E-state index contributed by atoms with van der Waals surface area (Å²) in [6.45, 7) is 2.74. The molecule has 0 unspecified atom stereocenters. The Morgan fingerprint density at radius 2 is 1.33 bits per heavy atom. The molecular formula is C26H26F4. The Kier molecular flexibility index (Phi) is 7.30. The molecule has 0 aliphatic rings. The summed E-state index contributed by atoms with van der Waals surface area (Å²) in [5, 5.41) is 0. The molecule has 3 rings (SSSR count). The lowest BCUT2D eigenvalue weighted by atomic mass is 9.95. The van der Waals surface area contributed by atoms with Gasteiger partial charge in [-0.3, -0.25) is 0 Å². The molecule has 0 N–H and O–H groups in total. The summed E-state index contributed by atoms with van der Waals surface area (Å²) >= 11 is 0. The summed E-state index contributed by atoms with van der Waals surface area (Å²) in [5.41, 5.74) is 2.32. The highest BCUT2D eigenvalue weighted by molar-refractivity contribution is 5.72. The van der Waals surface area contributed by atoms with Crippen LogP contribution in [-0.4, -0.2) is 0 Å². The monoisotopic (exact) mass is 414 g/mol. The molecule has 4 heteroatoms. The van der Waals surface area contributed by atoms with E-state index in [1.165, 1.54) is 49.9 Å². The Bertz CT molecular complexity index is 960. The maximum Gasteiger partial charge on any atom is 0.134 e. The van der Waals surface area contributed by atoms with E-state index in [1.54, 1.807) is 0 Å². The van der Waals surface area contributed by atoms with Crippen LogP contribution in [0.5, 0.6) is 0 Å². The van der Waals surface area contributed by atoms with E-state index in [9.17, 15) is 17.6 Å². The molecule has 3 aromatic carbocycles. The van der Waals surface area contributed by atoms with Crippen LogP contribution < -0.4 is 0 Å². The number of rotatable bonds is 8. The van der Waals surface area contributed by atoms with Crippen LogP contribution in [0.1, 0.15) is 49.3 Å². The minimum atomic E-state index is -0.962. The standard InChI is InChI=1S/C26H26F4/c1-3-4-5-6-7-18-8-10-19(11-9-18)20-13-24(29)26(25(30)14-20)21-12-17(2)22(16-27)23(28)15-21/h8-15H,3-7,16H2,1-2H3. The first kappa shape index (κ1) is 22.1. The Morgan fingerprint density at radius 1 is 0.700 bits per heavy atom. The van der Waals surface area contributed by atoms with Gasteiger partial charge in [-0.15, -0.1) is 0 Å². The summed E-state index contributed by atoms with van der Waals surface area (Å²) in [4.78, 5) is 0. The van der Waals surface area contributed by atoms with Crippen molar-refractivity contribution in [3.8, 4) is 22.3 Å². The molecule has 0 saturated heterocycles. The highest BCUT2D eigenvalue weighted by Gasteiger charge is 2.17. The molecule has 0 nitrogen and oxygen atoms in total. The zero-order valence-electron chi connectivity index (χ0n) is 17.4. The minimum Gasteiger partial charge on any atom is -0.246 e. The molecule has 0 heterocycles. The van der Waals surface area contributed by atoms with Gasteiger partial charge in [-0.1, -0.05) is 56.5 Å². The van der Waals surface area contributed by atoms with Crippen LogP contribution in [0, 0.1) is 24.4 Å². The van der Waals surface area contributed by atoms with Crippen molar-refractivity contribution < 1.29 is 17.6 Å². The van der Waals surface area contributed by atoms with E-state index in [2.05, 4.69) is 6.92 Å². The van der Waals surface area contributed by atoms with Crippen LogP contribution in [0.2, 0.25) is 0 Å². The Morgan fingerprint density at radius 3 is 1.90 bits per heavy atom. The fourth-order valence-corrected chi connectivity index (χ4v) is 3.72. The molecule has 0 radical (unpaired) electrons. The molecule has 0 bridgehead atoms. The molecule has 3 aromatic rings. The van der Waals surface area contributed by atoms with Crippen molar-refractivity contribution in [2.75, 3.05) is 0 Å². The lowest BCUT2D eigenvalue weighted by Crippen LogP contribution is -1.97. The van der Waals surface area contributed by atoms with Crippen molar-refractivity contribution in [2.45, 2.75) is 52.6 Å². The fraction of sp³-hybridized carbons (Fsp3) is 0.308. The van der Waals surface area contributed by atoms with Gasteiger partial charge in [-0.25, -0.2) is 17.6 Å². The van der Waals surface area contributed by atoms with E-state index in [0.717, 1.165) is 18.9 Å². The second-order valence-corrected chi connectivity index (χ2v) is 7.71. The van der Waals surface area contributed by atoms with Crippen LogP contribution in [0.25, 0.3) is 22.3 Å². The smallest absolute Gasteiger partial charge is 0.134 e. The van der Waals surface area contributed by atoms with Crippen LogP contribution in [0.4, 0.5) is 17.6 Å². The Balaban J connectivity index is 1.86. The van der Waals surface area contributed by atoms with E-state index in [0.29, 0.717) is 16.7 Å². The van der Waals surface area contributed by atoms with Gasteiger partial charge in [0.05, 0.1) is 5.56 Å². The van der Waals surface area contributed by atoms with Gasteiger partial charge in [0, 0.05) is 5.56 Å². The lowest BCUT2D eigenvalue weighted by molar-refractivity contribution is 0.462. The van der Waals surface area contributed by atoms with Gasteiger partial charge >= 0.3 is 0 Å². The van der Waals surface area contributed by atoms with Gasteiger partial charge in [-0.05, 0) is 65.8 Å². The molecule has 0 saturated carbocycles. The Labute approximate surface area is 175 Å². The number of hydrogen-bond donors (Lipinski definition) is 0. The zero-order chi connectivity index (χ0) is 21.7. The lowest BCUT2D eigenvalue weighted by Gasteiger charge is -2.12. The first-order valence-corrected chi connectivity index (χ1v) is 10.4. The van der Waals surface area contributed by atoms with E-state index in [1.807, 2.05) is 24.3 Å². The second kappa shape index (κ2) is 9.92. The molecule has 158 valence electrons. The normalized spacial score (nSPS) is 11.1. The van der Waals surface area contributed by atoms with Crippen LogP contribution in [0.15, 0.2) is 48.5 Å². The first-order valence-electron chi connectivity index (χ1n) is 10.4. The van der Waals surface area contributed by atoms with Gasteiger partial charge in [0.15, 0.2) is 0 Å². The number of halogens is 4. The second-order valence-electron chi connectivity index (χ2n) is 7.71. The highest BCUT2D eigenvalue weighted by Crippen LogP contribution is 2.33. The molecule has 0 atom stereocenters. The number of benzene rings is 3. The molecule has 0 aliphatic carbocycles. The minimum absolute atomic E-state index is 0.0613. The molecular weight excluding hydrogens is 388 g/mol. The third-order valence-electron chi connectivity index (χ3n) is 5.49. The van der Waals surface area contributed by atoms with Gasteiger partial charge in [0.2, 0.25) is 0 Å². The summed E-state index contributed by atoms with van der Waals surface area (Å²) in [6, 6.07) is 12.6. The maximum absolute atomic E-state index is 14.8. The Hall–Kier alpha value is -2.62. The van der Waals surface area contributed by atoms with Crippen LogP contribution in [-0.2, 0) is 13.1 Å². The number of alkyl halides is 1. The van der Waals surface area contributed by atoms with Crippen molar-refractivity contribution in [1.82, 2.24) is 0 Å². The predicted octanol–water partition coefficient (Wildman–Crippen LogP) is 8.34. The zero-order valence-corrected chi connectivity index (χ0v) is 17.4. The van der Waals surface area contributed by atoms with E-state index < -0.39 is 24.1 Å². The van der Waals surface area contributed by atoms with Gasteiger partial charge in [-0.2, -0.15) is 0 Å². The van der Waals surface area contributed by atoms with Crippen molar-refractivity contribution >= 4 is 0 Å². The molecule has 0 fully saturated rings. The molecule has 30 heavy (non-hydrogen) atoms. The summed E-state index contributed by atoms with van der Waals surface area (Å²) < 4.78 is 56.6. The topological polar surface area (TPSA) is 0 Å². The maximum atomic E-state index is 14.8. The van der Waals surface area contributed by atoms with Crippen LogP contribution >= 0.6 is 0 Å². The van der Waals surface area contributed by atoms with E-state index in [4.69, 9.17) is 0 Å². The summed E-state index contributed by atoms with van der Waals surface area (Å²) in [7, 11) is 0. The highest BCUT2D eigenvalue weighted by atomic mass is 19.1. The van der Waals surface area contributed by atoms with Gasteiger partial charge < -0.3 is 0 Å². The molecule has 0 spiro atoms. The molecule has 0 aromatic heterocycles. The van der Waals surface area contributed by atoms with Crippen molar-refractivity contribution in [2.24, 2.45) is 0 Å². The van der Waals surface area contributed by atoms with Crippen LogP contribution in [0.3, 0.4) is 0 Å². The van der Waals surface area contributed by atoms with Gasteiger partial charge in [0.1, 0.15) is 24.1 Å². The van der Waals surface area contributed by atoms with Crippen molar-refractivity contribution in [1.29, 1.82) is 0 Å². The SMILES string of the molecule is CCCCCCc1ccc(-c2cc(F)c(-c3cc(C)c(CF)c(F)c3)c(F)c2)cc1. The molecule has 0 amide bonds. The average Bonchev–Trinajstić information content (AvgIpc) is 2.71. The predicted molar refractivity (Wildman–Crippen MR) is 115 cm³/mol. The number of unbranched alkanes of at least 4 members (excludes halogenated alkanes) is 3. The largest absolute Gasteiger partial charge is 0.246 e. The van der Waals surface area contributed by atoms with Gasteiger partial charge in [0.25, 0.3) is 0 Å². The van der Waals surface area contributed by atoms with E-state index in [-0.39, 0.29) is 16.7 Å². The van der Waals surface area contributed by atoms with Crippen molar-refractivity contribution in [3.05, 3.63) is 82.7 Å². The average molecular weight is 414 g/mol. The quantitative estimate of drug-likeness (QED) is 0.257. The third kappa shape index (κ3) is 4.92. The summed E-state index contributed by atoms with van der Waals surface area (Å²) in [5.74, 6) is -2.36. The number of hydrogen-bond acceptors (Lipinski definition) is 0. The fourth-order valence-electron chi connectivity index (χ4n) is 3.72. The summed E-state index contributed by atoms with van der Waals surface area (Å²) in [6.07, 6.45) is 5.73. The first-order chi connectivity index (χ1) is 14.4. The van der Waals surface area contributed by atoms with Crippen molar-refractivity contribution in [3.63, 3.8) is 0 Å². The molecule has 0 aliphatic heterocycles. The van der Waals surface area contributed by atoms with E-state index >= 15 is 0 Å².